The standard InChI is InChI=1S/C7H10N2O.C2H6/c1-5-8-6(9-10-5)7(2)3-4-7;1-2/h3-4H2,1-2H3;1-2H3. The minimum atomic E-state index is 0.248. The number of aryl methyl sites for hydroxylation is 1. The van der Waals surface area contributed by atoms with Gasteiger partial charge in [-0.1, -0.05) is 25.9 Å². The second-order valence-corrected chi connectivity index (χ2v) is 3.20. The summed E-state index contributed by atoms with van der Waals surface area (Å²) in [7, 11) is 0. The van der Waals surface area contributed by atoms with Gasteiger partial charge < -0.3 is 4.52 Å². The molecule has 0 aromatic carbocycles. The van der Waals surface area contributed by atoms with Crippen molar-refractivity contribution in [2.75, 3.05) is 0 Å². The van der Waals surface area contributed by atoms with Gasteiger partial charge in [0.15, 0.2) is 5.82 Å². The molecule has 0 atom stereocenters. The van der Waals surface area contributed by atoms with Crippen LogP contribution >= 0.6 is 0 Å². The van der Waals surface area contributed by atoms with Crippen molar-refractivity contribution in [3.05, 3.63) is 11.7 Å². The molecule has 1 fully saturated rings. The summed E-state index contributed by atoms with van der Waals surface area (Å²) >= 11 is 0. The lowest BCUT2D eigenvalue weighted by Gasteiger charge is -1.96. The molecule has 0 amide bonds. The predicted octanol–water partition coefficient (Wildman–Crippen LogP) is 2.46. The van der Waals surface area contributed by atoms with Crippen LogP contribution in [0.25, 0.3) is 0 Å². The Balaban J connectivity index is 0.000000336. The molecule has 2 rings (SSSR count). The van der Waals surface area contributed by atoms with Crippen LogP contribution in [0, 0.1) is 6.92 Å². The Morgan fingerprint density at radius 2 is 1.92 bits per heavy atom. The highest BCUT2D eigenvalue weighted by molar-refractivity contribution is 5.13. The summed E-state index contributed by atoms with van der Waals surface area (Å²) in [5.41, 5.74) is 0.248. The Bertz CT molecular complexity index is 251. The molecule has 0 aliphatic heterocycles. The second-order valence-electron chi connectivity index (χ2n) is 3.20. The zero-order valence-corrected chi connectivity index (χ0v) is 8.22. The van der Waals surface area contributed by atoms with Crippen LogP contribution in [0.2, 0.25) is 0 Å². The maximum atomic E-state index is 4.87. The second kappa shape index (κ2) is 3.25. The van der Waals surface area contributed by atoms with Crippen molar-refractivity contribution in [1.82, 2.24) is 10.1 Å². The molecule has 1 aromatic rings. The summed E-state index contributed by atoms with van der Waals surface area (Å²) < 4.78 is 4.87. The Labute approximate surface area is 73.2 Å². The molecular weight excluding hydrogens is 152 g/mol. The zero-order chi connectivity index (χ0) is 9.19. The van der Waals surface area contributed by atoms with Crippen molar-refractivity contribution < 1.29 is 4.52 Å². The van der Waals surface area contributed by atoms with E-state index in [1.165, 1.54) is 12.8 Å². The lowest BCUT2D eigenvalue weighted by atomic mass is 10.1. The minimum Gasteiger partial charge on any atom is -0.340 e. The van der Waals surface area contributed by atoms with Gasteiger partial charge in [-0.2, -0.15) is 4.98 Å². The lowest BCUT2D eigenvalue weighted by Crippen LogP contribution is -2.01. The van der Waals surface area contributed by atoms with E-state index < -0.39 is 0 Å². The fourth-order valence-corrected chi connectivity index (χ4v) is 0.956. The summed E-state index contributed by atoms with van der Waals surface area (Å²) in [6.07, 6.45) is 2.40. The molecular formula is C9H16N2O. The van der Waals surface area contributed by atoms with Crippen LogP contribution in [-0.2, 0) is 5.41 Å². The maximum Gasteiger partial charge on any atom is 0.223 e. The third kappa shape index (κ3) is 1.65. The fourth-order valence-electron chi connectivity index (χ4n) is 0.956. The third-order valence-corrected chi connectivity index (χ3v) is 2.07. The van der Waals surface area contributed by atoms with Gasteiger partial charge >= 0.3 is 0 Å². The van der Waals surface area contributed by atoms with Crippen LogP contribution in [0.1, 0.15) is 45.3 Å². The molecule has 0 N–H and O–H groups in total. The molecule has 1 aliphatic rings. The van der Waals surface area contributed by atoms with Gasteiger partial charge in [-0.05, 0) is 12.8 Å². The van der Waals surface area contributed by atoms with E-state index in [4.69, 9.17) is 4.52 Å². The monoisotopic (exact) mass is 168 g/mol. The Hall–Kier alpha value is -0.860. The smallest absolute Gasteiger partial charge is 0.223 e. The van der Waals surface area contributed by atoms with E-state index in [0.29, 0.717) is 5.89 Å². The average Bonchev–Trinajstić information content (AvgIpc) is 2.66. The third-order valence-electron chi connectivity index (χ3n) is 2.07. The molecule has 3 nitrogen and oxygen atoms in total. The van der Waals surface area contributed by atoms with Gasteiger partial charge in [-0.3, -0.25) is 0 Å². The number of nitrogens with zero attached hydrogens (tertiary/aromatic N) is 2. The fraction of sp³-hybridized carbons (Fsp3) is 0.778. The quantitative estimate of drug-likeness (QED) is 0.646. The first kappa shape index (κ1) is 9.23. The predicted molar refractivity (Wildman–Crippen MR) is 47.0 cm³/mol. The number of aromatic nitrogens is 2. The number of hydrogen-bond donors (Lipinski definition) is 0. The van der Waals surface area contributed by atoms with E-state index in [1.807, 2.05) is 20.8 Å². The molecule has 1 saturated carbocycles. The van der Waals surface area contributed by atoms with Crippen LogP contribution in [0.15, 0.2) is 4.52 Å². The first-order chi connectivity index (χ1) is 5.71. The van der Waals surface area contributed by atoms with Crippen molar-refractivity contribution in [1.29, 1.82) is 0 Å². The molecule has 1 aromatic heterocycles. The molecule has 1 aliphatic carbocycles. The molecule has 3 heteroatoms. The van der Waals surface area contributed by atoms with Gasteiger partial charge in [0.25, 0.3) is 0 Å². The molecule has 0 unspecified atom stereocenters. The van der Waals surface area contributed by atoms with Gasteiger partial charge in [-0.25, -0.2) is 0 Å². The first-order valence-corrected chi connectivity index (χ1v) is 4.51. The van der Waals surface area contributed by atoms with E-state index in [2.05, 4.69) is 17.1 Å². The van der Waals surface area contributed by atoms with Crippen molar-refractivity contribution in [3.63, 3.8) is 0 Å². The number of rotatable bonds is 1. The summed E-state index contributed by atoms with van der Waals surface area (Å²) in [4.78, 5) is 4.17. The van der Waals surface area contributed by atoms with Crippen LogP contribution in [0.5, 0.6) is 0 Å². The Morgan fingerprint density at radius 3 is 2.25 bits per heavy atom. The van der Waals surface area contributed by atoms with Gasteiger partial charge in [0.1, 0.15) is 0 Å². The van der Waals surface area contributed by atoms with Gasteiger partial charge in [-0.15, -0.1) is 0 Å². The molecule has 68 valence electrons. The first-order valence-electron chi connectivity index (χ1n) is 4.51. The van der Waals surface area contributed by atoms with Gasteiger partial charge in [0.2, 0.25) is 5.89 Å². The van der Waals surface area contributed by atoms with E-state index in [1.54, 1.807) is 0 Å². The highest BCUT2D eigenvalue weighted by Crippen LogP contribution is 2.45. The van der Waals surface area contributed by atoms with Crippen molar-refractivity contribution >= 4 is 0 Å². The average molecular weight is 168 g/mol. The largest absolute Gasteiger partial charge is 0.340 e. The number of hydrogen-bond acceptors (Lipinski definition) is 3. The van der Waals surface area contributed by atoms with Gasteiger partial charge in [0.05, 0.1) is 0 Å². The van der Waals surface area contributed by atoms with Crippen molar-refractivity contribution in [2.24, 2.45) is 0 Å². The normalized spacial score (nSPS) is 18.0. The van der Waals surface area contributed by atoms with Crippen molar-refractivity contribution in [2.45, 2.75) is 46.0 Å². The maximum absolute atomic E-state index is 4.87. The van der Waals surface area contributed by atoms with E-state index in [9.17, 15) is 0 Å². The summed E-state index contributed by atoms with van der Waals surface area (Å²) in [6.45, 7) is 7.99. The summed E-state index contributed by atoms with van der Waals surface area (Å²) in [6, 6.07) is 0. The van der Waals surface area contributed by atoms with E-state index in [0.717, 1.165) is 5.82 Å². The van der Waals surface area contributed by atoms with Crippen LogP contribution in [0.4, 0.5) is 0 Å². The van der Waals surface area contributed by atoms with Gasteiger partial charge in [0, 0.05) is 12.3 Å². The lowest BCUT2D eigenvalue weighted by molar-refractivity contribution is 0.383. The molecule has 0 spiro atoms. The van der Waals surface area contributed by atoms with Crippen LogP contribution in [-0.4, -0.2) is 10.1 Å². The van der Waals surface area contributed by atoms with E-state index >= 15 is 0 Å². The van der Waals surface area contributed by atoms with Crippen molar-refractivity contribution in [3.8, 4) is 0 Å². The minimum absolute atomic E-state index is 0.248. The molecule has 12 heavy (non-hydrogen) atoms. The van der Waals surface area contributed by atoms with E-state index in [-0.39, 0.29) is 5.41 Å². The topological polar surface area (TPSA) is 38.9 Å². The zero-order valence-electron chi connectivity index (χ0n) is 8.22. The SMILES string of the molecule is CC.Cc1nc(C2(C)CC2)no1. The summed E-state index contributed by atoms with van der Waals surface area (Å²) in [5.74, 6) is 1.55. The Kier molecular flexibility index (Phi) is 2.50. The molecule has 0 bridgehead atoms. The summed E-state index contributed by atoms with van der Waals surface area (Å²) in [5, 5.41) is 3.86. The van der Waals surface area contributed by atoms with Crippen LogP contribution < -0.4 is 0 Å². The Morgan fingerprint density at radius 1 is 1.33 bits per heavy atom. The van der Waals surface area contributed by atoms with Crippen LogP contribution in [0.3, 0.4) is 0 Å². The highest BCUT2D eigenvalue weighted by Gasteiger charge is 2.43. The molecule has 0 saturated heterocycles. The molecule has 1 heterocycles. The highest BCUT2D eigenvalue weighted by atomic mass is 16.5. The molecule has 0 radical (unpaired) electrons.